The fourth-order valence-corrected chi connectivity index (χ4v) is 4.73. The van der Waals surface area contributed by atoms with Crippen LogP contribution >= 0.6 is 23.4 Å². The number of amides is 3. The summed E-state index contributed by atoms with van der Waals surface area (Å²) < 4.78 is 0. The Hall–Kier alpha value is -1.53. The van der Waals surface area contributed by atoms with Gasteiger partial charge in [-0.15, -0.1) is 0 Å². The molecule has 7 heteroatoms. The van der Waals surface area contributed by atoms with Crippen LogP contribution in [0.25, 0.3) is 0 Å². The van der Waals surface area contributed by atoms with Crippen molar-refractivity contribution in [1.29, 1.82) is 0 Å². The van der Waals surface area contributed by atoms with Gasteiger partial charge >= 0.3 is 0 Å². The predicted molar refractivity (Wildman–Crippen MR) is 107 cm³/mol. The fraction of sp³-hybridized carbons (Fsp3) is 0.550. The molecular weight excluding hydrogens is 384 g/mol. The Morgan fingerprint density at radius 1 is 1.26 bits per heavy atom. The number of hydrogen-bond donors (Lipinski definition) is 1. The van der Waals surface area contributed by atoms with Crippen molar-refractivity contribution in [2.45, 2.75) is 44.7 Å². The molecular formula is C20H25ClN2O3S. The molecule has 3 unspecified atom stereocenters. The highest BCUT2D eigenvalue weighted by Crippen LogP contribution is 2.39. The average Bonchev–Trinajstić information content (AvgIpc) is 2.92. The summed E-state index contributed by atoms with van der Waals surface area (Å²) in [5.74, 6) is -0.346. The van der Waals surface area contributed by atoms with Crippen molar-refractivity contribution < 1.29 is 14.4 Å². The molecule has 1 aromatic carbocycles. The van der Waals surface area contributed by atoms with Crippen LogP contribution < -0.4 is 5.32 Å². The maximum atomic E-state index is 12.9. The van der Waals surface area contributed by atoms with Crippen LogP contribution in [-0.4, -0.2) is 40.7 Å². The Kier molecular flexibility index (Phi) is 6.82. The fourth-order valence-electron chi connectivity index (χ4n) is 4.06. The molecule has 27 heavy (non-hydrogen) atoms. The van der Waals surface area contributed by atoms with Gasteiger partial charge in [-0.05, 0) is 49.0 Å². The molecule has 1 aliphatic heterocycles. The predicted octanol–water partition coefficient (Wildman–Crippen LogP) is 3.25. The van der Waals surface area contributed by atoms with Crippen LogP contribution in [0.4, 0.5) is 0 Å². The minimum Gasteiger partial charge on any atom is -0.350 e. The van der Waals surface area contributed by atoms with Crippen molar-refractivity contribution in [2.75, 3.05) is 12.0 Å². The number of nitrogens with one attached hydrogen (secondary N) is 1. The number of halogens is 1. The molecule has 0 bridgehead atoms. The molecule has 0 spiro atoms. The maximum absolute atomic E-state index is 12.9. The summed E-state index contributed by atoms with van der Waals surface area (Å²) >= 11 is 7.59. The Morgan fingerprint density at radius 3 is 2.52 bits per heavy atom. The first kappa shape index (κ1) is 20.2. The second-order valence-corrected chi connectivity index (χ2v) is 8.61. The number of rotatable bonds is 7. The standard InChI is InChI=1S/C20H25ClN2O3S/c1-27-10-9-17(18(24)22-12-13-5-4-6-14(21)11-13)23-19(25)15-7-2-3-8-16(15)20(23)26/h4-6,11,15-17H,2-3,7-10,12H2,1H3,(H,22,24). The number of imide groups is 1. The van der Waals surface area contributed by atoms with E-state index in [1.54, 1.807) is 23.9 Å². The van der Waals surface area contributed by atoms with Crippen molar-refractivity contribution in [1.82, 2.24) is 10.2 Å². The zero-order valence-electron chi connectivity index (χ0n) is 15.4. The third-order valence-corrected chi connectivity index (χ3v) is 6.32. The summed E-state index contributed by atoms with van der Waals surface area (Å²) in [5.41, 5.74) is 0.882. The van der Waals surface area contributed by atoms with Crippen molar-refractivity contribution >= 4 is 41.1 Å². The number of likely N-dealkylation sites (tertiary alicyclic amines) is 1. The molecule has 5 nitrogen and oxygen atoms in total. The molecule has 146 valence electrons. The van der Waals surface area contributed by atoms with Gasteiger partial charge in [0.15, 0.2) is 0 Å². The maximum Gasteiger partial charge on any atom is 0.243 e. The zero-order chi connectivity index (χ0) is 19.4. The number of hydrogen-bond acceptors (Lipinski definition) is 4. The Morgan fingerprint density at radius 2 is 1.93 bits per heavy atom. The molecule has 1 aliphatic carbocycles. The van der Waals surface area contributed by atoms with Crippen molar-refractivity contribution in [3.8, 4) is 0 Å². The van der Waals surface area contributed by atoms with Crippen LogP contribution in [0, 0.1) is 11.8 Å². The Balaban J connectivity index is 1.73. The SMILES string of the molecule is CSCCC(C(=O)NCc1cccc(Cl)c1)N1C(=O)C2CCCCC2C1=O. The van der Waals surface area contributed by atoms with E-state index in [-0.39, 0.29) is 29.6 Å². The molecule has 3 amide bonds. The highest BCUT2D eigenvalue weighted by molar-refractivity contribution is 7.98. The van der Waals surface area contributed by atoms with Crippen LogP contribution in [0.1, 0.15) is 37.7 Å². The number of carbonyl (C=O) groups is 3. The molecule has 2 fully saturated rings. The number of benzene rings is 1. The van der Waals surface area contributed by atoms with Gasteiger partial charge < -0.3 is 5.32 Å². The molecule has 1 N–H and O–H groups in total. The van der Waals surface area contributed by atoms with Gasteiger partial charge in [0, 0.05) is 11.6 Å². The molecule has 1 saturated heterocycles. The summed E-state index contributed by atoms with van der Waals surface area (Å²) in [6.45, 7) is 0.318. The third-order valence-electron chi connectivity index (χ3n) is 5.44. The van der Waals surface area contributed by atoms with Crippen molar-refractivity contribution in [2.24, 2.45) is 11.8 Å². The number of thioether (sulfide) groups is 1. The average molecular weight is 409 g/mol. The third kappa shape index (κ3) is 4.49. The second kappa shape index (κ2) is 9.11. The molecule has 0 radical (unpaired) electrons. The summed E-state index contributed by atoms with van der Waals surface area (Å²) in [6, 6.07) is 6.54. The van der Waals surface area contributed by atoms with Crippen molar-refractivity contribution in [3.05, 3.63) is 34.9 Å². The first-order chi connectivity index (χ1) is 13.0. The molecule has 1 aromatic rings. The van der Waals surface area contributed by atoms with Crippen molar-refractivity contribution in [3.63, 3.8) is 0 Å². The minimum absolute atomic E-state index is 0.159. The van der Waals surface area contributed by atoms with Gasteiger partial charge in [-0.3, -0.25) is 19.3 Å². The van der Waals surface area contributed by atoms with E-state index in [4.69, 9.17) is 11.6 Å². The monoisotopic (exact) mass is 408 g/mol. The van der Waals surface area contributed by atoms with Gasteiger partial charge in [-0.1, -0.05) is 36.6 Å². The van der Waals surface area contributed by atoms with Crippen LogP contribution in [0.5, 0.6) is 0 Å². The highest BCUT2D eigenvalue weighted by Gasteiger charge is 2.51. The summed E-state index contributed by atoms with van der Waals surface area (Å²) in [7, 11) is 0. The lowest BCUT2D eigenvalue weighted by atomic mass is 9.81. The quantitative estimate of drug-likeness (QED) is 0.703. The molecule has 1 saturated carbocycles. The highest BCUT2D eigenvalue weighted by atomic mass is 35.5. The first-order valence-electron chi connectivity index (χ1n) is 9.41. The molecule has 2 aliphatic rings. The second-order valence-electron chi connectivity index (χ2n) is 7.19. The van der Waals surface area contributed by atoms with E-state index < -0.39 is 6.04 Å². The van der Waals surface area contributed by atoms with Gasteiger partial charge in [0.2, 0.25) is 17.7 Å². The van der Waals surface area contributed by atoms with Crippen LogP contribution in [0.15, 0.2) is 24.3 Å². The van der Waals surface area contributed by atoms with Crippen LogP contribution in [0.3, 0.4) is 0 Å². The van der Waals surface area contributed by atoms with E-state index in [9.17, 15) is 14.4 Å². The lowest BCUT2D eigenvalue weighted by molar-refractivity contribution is -0.148. The van der Waals surface area contributed by atoms with Gasteiger partial charge in [-0.25, -0.2) is 0 Å². The van der Waals surface area contributed by atoms with E-state index in [1.165, 1.54) is 4.90 Å². The van der Waals surface area contributed by atoms with E-state index >= 15 is 0 Å². The molecule has 1 heterocycles. The van der Waals surface area contributed by atoms with E-state index in [2.05, 4.69) is 5.32 Å². The van der Waals surface area contributed by atoms with E-state index in [0.29, 0.717) is 23.7 Å². The minimum atomic E-state index is -0.734. The van der Waals surface area contributed by atoms with Gasteiger partial charge in [-0.2, -0.15) is 11.8 Å². The molecule has 0 aromatic heterocycles. The van der Waals surface area contributed by atoms with Gasteiger partial charge in [0.1, 0.15) is 6.04 Å². The first-order valence-corrected chi connectivity index (χ1v) is 11.2. The van der Waals surface area contributed by atoms with Crippen LogP contribution in [0.2, 0.25) is 5.02 Å². The lowest BCUT2D eigenvalue weighted by Gasteiger charge is -2.26. The lowest BCUT2D eigenvalue weighted by Crippen LogP contribution is -2.50. The van der Waals surface area contributed by atoms with Gasteiger partial charge in [0.05, 0.1) is 11.8 Å². The number of carbonyl (C=O) groups excluding carboxylic acids is 3. The zero-order valence-corrected chi connectivity index (χ0v) is 17.0. The number of nitrogens with zero attached hydrogens (tertiary/aromatic N) is 1. The largest absolute Gasteiger partial charge is 0.350 e. The Bertz CT molecular complexity index is 703. The van der Waals surface area contributed by atoms with Crippen LogP contribution in [-0.2, 0) is 20.9 Å². The van der Waals surface area contributed by atoms with Gasteiger partial charge in [0.25, 0.3) is 0 Å². The number of fused-ring (bicyclic) bond motifs is 1. The summed E-state index contributed by atoms with van der Waals surface area (Å²) in [4.78, 5) is 39.9. The summed E-state index contributed by atoms with van der Waals surface area (Å²) in [6.07, 6.45) is 5.89. The summed E-state index contributed by atoms with van der Waals surface area (Å²) in [5, 5.41) is 3.49. The topological polar surface area (TPSA) is 66.5 Å². The Labute approximate surface area is 169 Å². The normalized spacial score (nSPS) is 23.3. The van der Waals surface area contributed by atoms with E-state index in [1.807, 2.05) is 18.4 Å². The molecule has 3 atom stereocenters. The molecule has 3 rings (SSSR count). The van der Waals surface area contributed by atoms with E-state index in [0.717, 1.165) is 31.2 Å². The smallest absolute Gasteiger partial charge is 0.243 e.